The van der Waals surface area contributed by atoms with Crippen LogP contribution < -0.4 is 20.3 Å². The van der Waals surface area contributed by atoms with Gasteiger partial charge in [-0.15, -0.1) is 0 Å². The second-order valence-electron chi connectivity index (χ2n) is 10.1. The van der Waals surface area contributed by atoms with Crippen LogP contribution in [0.1, 0.15) is 24.1 Å². The van der Waals surface area contributed by atoms with Crippen molar-refractivity contribution in [2.24, 2.45) is 0 Å². The Morgan fingerprint density at radius 1 is 0.911 bits per heavy atom. The van der Waals surface area contributed by atoms with E-state index in [0.29, 0.717) is 35.6 Å². The molecule has 228 valence electrons. The van der Waals surface area contributed by atoms with E-state index in [-0.39, 0.29) is 28.9 Å². The van der Waals surface area contributed by atoms with Crippen molar-refractivity contribution in [1.29, 1.82) is 0 Å². The molecular formula is C31H24F3N7O3S. The summed E-state index contributed by atoms with van der Waals surface area (Å²) < 4.78 is 46.0. The van der Waals surface area contributed by atoms with Crippen LogP contribution in [0.2, 0.25) is 0 Å². The summed E-state index contributed by atoms with van der Waals surface area (Å²) in [6.07, 6.45) is 2.02. The van der Waals surface area contributed by atoms with Gasteiger partial charge in [-0.3, -0.25) is 19.7 Å². The topological polar surface area (TPSA) is 122 Å². The number of nitrogens with one attached hydrogen (secondary N) is 2. The van der Waals surface area contributed by atoms with Crippen LogP contribution in [0.4, 0.5) is 34.5 Å². The minimum Gasteiger partial charge on any atom is -0.439 e. The third-order valence-corrected chi connectivity index (χ3v) is 7.87. The third kappa shape index (κ3) is 6.91. The van der Waals surface area contributed by atoms with Crippen molar-refractivity contribution >= 4 is 39.8 Å². The third-order valence-electron chi connectivity index (χ3n) is 6.80. The fourth-order valence-electron chi connectivity index (χ4n) is 4.53. The molecule has 0 saturated carbocycles. The van der Waals surface area contributed by atoms with E-state index in [0.717, 1.165) is 28.6 Å². The number of aryl methyl sites for hydroxylation is 1. The molecule has 1 aromatic carbocycles. The first-order valence-corrected chi connectivity index (χ1v) is 14.5. The predicted molar refractivity (Wildman–Crippen MR) is 163 cm³/mol. The molecule has 1 fully saturated rings. The van der Waals surface area contributed by atoms with Gasteiger partial charge in [0.2, 0.25) is 11.8 Å². The Morgan fingerprint density at radius 3 is 2.38 bits per heavy atom. The summed E-state index contributed by atoms with van der Waals surface area (Å²) >= 11 is 1.45. The van der Waals surface area contributed by atoms with Crippen LogP contribution >= 0.6 is 11.3 Å². The highest BCUT2D eigenvalue weighted by Crippen LogP contribution is 2.36. The number of nitrogens with zero attached hydrogens (tertiary/aromatic N) is 5. The number of alkyl halides is 3. The highest BCUT2D eigenvalue weighted by molar-refractivity contribution is 7.19. The highest BCUT2D eigenvalue weighted by Gasteiger charge is 2.32. The number of ether oxygens (including phenoxy) is 1. The molecule has 0 radical (unpaired) electrons. The van der Waals surface area contributed by atoms with Gasteiger partial charge in [-0.25, -0.2) is 14.8 Å². The molecule has 6 rings (SSSR count). The number of urea groups is 1. The van der Waals surface area contributed by atoms with Crippen molar-refractivity contribution in [3.63, 3.8) is 0 Å². The average molecular weight is 632 g/mol. The lowest BCUT2D eigenvalue weighted by atomic mass is 10.1. The Morgan fingerprint density at radius 2 is 1.71 bits per heavy atom. The molecule has 1 aliphatic heterocycles. The fourth-order valence-corrected chi connectivity index (χ4v) is 5.50. The predicted octanol–water partition coefficient (Wildman–Crippen LogP) is 7.55. The summed E-state index contributed by atoms with van der Waals surface area (Å²) in [6, 6.07) is 13.8. The van der Waals surface area contributed by atoms with Crippen LogP contribution in [0.5, 0.6) is 11.6 Å². The first-order chi connectivity index (χ1) is 21.6. The van der Waals surface area contributed by atoms with Gasteiger partial charge in [0, 0.05) is 48.9 Å². The van der Waals surface area contributed by atoms with E-state index in [1.54, 1.807) is 54.4 Å². The molecule has 3 amide bonds. The number of anilines is 3. The molecule has 10 nitrogen and oxygen atoms in total. The van der Waals surface area contributed by atoms with E-state index in [2.05, 4.69) is 30.6 Å². The summed E-state index contributed by atoms with van der Waals surface area (Å²) in [7, 11) is 0. The van der Waals surface area contributed by atoms with Gasteiger partial charge in [-0.1, -0.05) is 11.3 Å². The SMILES string of the molecule is Cc1ccc(-c2ncc(C(F)(F)F)cc2NC(=O)Nc2ccc(Oc3ccc(-c4cnc(N5CCCC5=O)s4)cc3)nc2)cn1. The summed E-state index contributed by atoms with van der Waals surface area (Å²) in [4.78, 5) is 44.1. The van der Waals surface area contributed by atoms with Gasteiger partial charge < -0.3 is 15.4 Å². The van der Waals surface area contributed by atoms with Crippen molar-refractivity contribution in [3.05, 3.63) is 90.6 Å². The number of amides is 3. The zero-order valence-electron chi connectivity index (χ0n) is 23.6. The van der Waals surface area contributed by atoms with Crippen molar-refractivity contribution in [2.75, 3.05) is 22.1 Å². The molecule has 1 saturated heterocycles. The number of carbonyl (C=O) groups excluding carboxylic acids is 2. The molecule has 0 aliphatic carbocycles. The van der Waals surface area contributed by atoms with Gasteiger partial charge in [0.05, 0.1) is 33.7 Å². The quantitative estimate of drug-likeness (QED) is 0.190. The van der Waals surface area contributed by atoms with Gasteiger partial charge >= 0.3 is 12.2 Å². The molecule has 2 N–H and O–H groups in total. The number of rotatable bonds is 7. The molecule has 0 spiro atoms. The van der Waals surface area contributed by atoms with Crippen LogP contribution in [0.15, 0.2) is 79.4 Å². The second kappa shape index (κ2) is 12.3. The monoisotopic (exact) mass is 631 g/mol. The Hall–Kier alpha value is -5.37. The number of benzene rings is 1. The molecule has 1 aliphatic rings. The van der Waals surface area contributed by atoms with E-state index < -0.39 is 17.8 Å². The van der Waals surface area contributed by atoms with E-state index >= 15 is 0 Å². The number of thiazole rings is 1. The van der Waals surface area contributed by atoms with Crippen molar-refractivity contribution in [2.45, 2.75) is 25.9 Å². The van der Waals surface area contributed by atoms with Gasteiger partial charge in [0.1, 0.15) is 5.75 Å². The first kappa shape index (κ1) is 29.7. The number of pyridine rings is 3. The largest absolute Gasteiger partial charge is 0.439 e. The maximum atomic E-state index is 13.4. The van der Waals surface area contributed by atoms with Crippen LogP contribution in [0, 0.1) is 6.92 Å². The van der Waals surface area contributed by atoms with E-state index in [9.17, 15) is 22.8 Å². The number of carbonyl (C=O) groups is 2. The van der Waals surface area contributed by atoms with Gasteiger partial charge in [-0.2, -0.15) is 13.2 Å². The van der Waals surface area contributed by atoms with Gasteiger partial charge in [0.25, 0.3) is 0 Å². The van der Waals surface area contributed by atoms with Crippen molar-refractivity contribution in [3.8, 4) is 33.3 Å². The number of aromatic nitrogens is 4. The molecule has 0 bridgehead atoms. The molecule has 14 heteroatoms. The van der Waals surface area contributed by atoms with Crippen LogP contribution in [0.25, 0.3) is 21.7 Å². The Labute approximate surface area is 259 Å². The number of halogens is 3. The van der Waals surface area contributed by atoms with Crippen molar-refractivity contribution < 1.29 is 27.5 Å². The van der Waals surface area contributed by atoms with E-state index in [1.165, 1.54) is 23.7 Å². The van der Waals surface area contributed by atoms with Crippen LogP contribution in [-0.4, -0.2) is 38.4 Å². The molecule has 0 unspecified atom stereocenters. The number of hydrogen-bond acceptors (Lipinski definition) is 8. The van der Waals surface area contributed by atoms with Gasteiger partial charge in [-0.05, 0) is 67.4 Å². The lowest BCUT2D eigenvalue weighted by molar-refractivity contribution is -0.137. The lowest BCUT2D eigenvalue weighted by Crippen LogP contribution is -2.23. The Kier molecular flexibility index (Phi) is 8.13. The molecule has 45 heavy (non-hydrogen) atoms. The normalized spacial score (nSPS) is 13.2. The molecule has 5 aromatic rings. The fraction of sp³-hybridized carbons (Fsp3) is 0.161. The molecule has 4 aromatic heterocycles. The summed E-state index contributed by atoms with van der Waals surface area (Å²) in [5.41, 5.74) is 1.36. The summed E-state index contributed by atoms with van der Waals surface area (Å²) in [6.45, 7) is 2.46. The molecular weight excluding hydrogens is 607 g/mol. The zero-order chi connectivity index (χ0) is 31.6. The second-order valence-corrected chi connectivity index (χ2v) is 11.1. The maximum absolute atomic E-state index is 13.4. The average Bonchev–Trinajstić information content (AvgIpc) is 3.68. The molecule has 0 atom stereocenters. The van der Waals surface area contributed by atoms with E-state index in [1.807, 2.05) is 12.1 Å². The number of hydrogen-bond donors (Lipinski definition) is 2. The summed E-state index contributed by atoms with van der Waals surface area (Å²) in [5, 5.41) is 5.70. The highest BCUT2D eigenvalue weighted by atomic mass is 32.1. The minimum absolute atomic E-state index is 0.0898. The Bertz CT molecular complexity index is 1840. The molecule has 5 heterocycles. The minimum atomic E-state index is -4.65. The smallest absolute Gasteiger partial charge is 0.417 e. The van der Waals surface area contributed by atoms with Crippen LogP contribution in [0.3, 0.4) is 0 Å². The maximum Gasteiger partial charge on any atom is 0.417 e. The van der Waals surface area contributed by atoms with Crippen LogP contribution in [-0.2, 0) is 11.0 Å². The zero-order valence-corrected chi connectivity index (χ0v) is 24.4. The Balaban J connectivity index is 1.09. The lowest BCUT2D eigenvalue weighted by Gasteiger charge is -2.14. The van der Waals surface area contributed by atoms with E-state index in [4.69, 9.17) is 4.74 Å². The standard InChI is InChI=1S/C31H24F3N7O3S/c1-18-4-5-20(14-35-18)28-24(13-21(15-37-28)31(32,33)34)40-29(43)39-22-8-11-26(36-16-22)44-23-9-6-19(7-10-23)25-17-38-30(45-25)41-12-2-3-27(41)42/h4-11,13-17H,2-3,12H2,1H3,(H2,39,40,43). The van der Waals surface area contributed by atoms with Gasteiger partial charge in [0.15, 0.2) is 5.13 Å². The summed E-state index contributed by atoms with van der Waals surface area (Å²) in [5.74, 6) is 0.879. The van der Waals surface area contributed by atoms with Crippen molar-refractivity contribution in [1.82, 2.24) is 19.9 Å². The first-order valence-electron chi connectivity index (χ1n) is 13.7.